The van der Waals surface area contributed by atoms with Gasteiger partial charge in [-0.2, -0.15) is 0 Å². The van der Waals surface area contributed by atoms with Crippen LogP contribution in [0.5, 0.6) is 0 Å². The first kappa shape index (κ1) is 21.5. The van der Waals surface area contributed by atoms with Crippen molar-refractivity contribution < 1.29 is 9.53 Å². The summed E-state index contributed by atoms with van der Waals surface area (Å²) in [5, 5.41) is 0.764. The molecule has 6 rings (SSSR count). The molecule has 1 fully saturated rings. The van der Waals surface area contributed by atoms with E-state index < -0.39 is 0 Å². The first-order valence-electron chi connectivity index (χ1n) is 12.2. The van der Waals surface area contributed by atoms with Crippen molar-refractivity contribution in [1.82, 2.24) is 4.90 Å². The lowest BCUT2D eigenvalue weighted by Crippen LogP contribution is -2.51. The fraction of sp³-hybridized carbons (Fsp3) is 0.300. The summed E-state index contributed by atoms with van der Waals surface area (Å²) < 4.78 is 6.03. The molecule has 2 atom stereocenters. The van der Waals surface area contributed by atoms with E-state index in [-0.39, 0.29) is 24.1 Å². The molecule has 0 spiro atoms. The smallest absolute Gasteiger partial charge is 0.410 e. The molecule has 1 amide bonds. The topological polar surface area (TPSA) is 29.5 Å². The second kappa shape index (κ2) is 8.63. The van der Waals surface area contributed by atoms with Crippen molar-refractivity contribution in [2.75, 3.05) is 6.61 Å². The van der Waals surface area contributed by atoms with E-state index in [1.165, 1.54) is 33.4 Å². The standard InChI is InChI=1S/C30H28ClNO2/c1-19-13-20(15-22(31)14-19)21-16-23-7-6-8-24(17-21)32(23)30(33)34-18-29-27-11-4-2-9-25(27)26-10-3-5-12-28(26)29/h2-5,9-16,23-24,29H,6-8,17-18H2,1H3. The maximum absolute atomic E-state index is 13.4. The van der Waals surface area contributed by atoms with Crippen LogP contribution in [0.2, 0.25) is 5.02 Å². The Morgan fingerprint density at radius 2 is 1.71 bits per heavy atom. The minimum absolute atomic E-state index is 0.0810. The van der Waals surface area contributed by atoms with E-state index in [9.17, 15) is 4.79 Å². The highest BCUT2D eigenvalue weighted by atomic mass is 35.5. The van der Waals surface area contributed by atoms with Crippen molar-refractivity contribution in [2.45, 2.75) is 50.6 Å². The Morgan fingerprint density at radius 1 is 1.00 bits per heavy atom. The molecule has 2 bridgehead atoms. The summed E-state index contributed by atoms with van der Waals surface area (Å²) in [4.78, 5) is 15.4. The van der Waals surface area contributed by atoms with E-state index in [0.29, 0.717) is 6.61 Å². The van der Waals surface area contributed by atoms with Gasteiger partial charge in [0, 0.05) is 17.0 Å². The van der Waals surface area contributed by atoms with E-state index in [2.05, 4.69) is 67.6 Å². The first-order chi connectivity index (χ1) is 16.6. The fourth-order valence-corrected chi connectivity index (χ4v) is 6.41. The van der Waals surface area contributed by atoms with Crippen LogP contribution in [0, 0.1) is 6.92 Å². The Bertz CT molecular complexity index is 1230. The lowest BCUT2D eigenvalue weighted by atomic mass is 9.83. The van der Waals surface area contributed by atoms with Gasteiger partial charge in [0.15, 0.2) is 0 Å². The molecular weight excluding hydrogens is 442 g/mol. The van der Waals surface area contributed by atoms with Crippen LogP contribution in [0.15, 0.2) is 72.8 Å². The molecule has 0 N–H and O–H groups in total. The summed E-state index contributed by atoms with van der Waals surface area (Å²) >= 11 is 6.33. The van der Waals surface area contributed by atoms with Gasteiger partial charge in [-0.25, -0.2) is 4.79 Å². The molecule has 2 aliphatic heterocycles. The number of nitrogens with zero attached hydrogens (tertiary/aromatic N) is 1. The highest BCUT2D eigenvalue weighted by molar-refractivity contribution is 6.30. The summed E-state index contributed by atoms with van der Waals surface area (Å²) in [6.45, 7) is 2.44. The SMILES string of the molecule is Cc1cc(Cl)cc(C2=CC3CCCC(C2)N3C(=O)OCC2c3ccccc3-c3ccccc32)c1. The van der Waals surface area contributed by atoms with Crippen LogP contribution in [-0.4, -0.2) is 29.7 Å². The maximum Gasteiger partial charge on any atom is 0.410 e. The van der Waals surface area contributed by atoms with Crippen molar-refractivity contribution in [2.24, 2.45) is 0 Å². The van der Waals surface area contributed by atoms with Crippen LogP contribution in [0.3, 0.4) is 0 Å². The average Bonchev–Trinajstić information content (AvgIpc) is 3.15. The molecule has 2 unspecified atom stereocenters. The number of amides is 1. The second-order valence-electron chi connectivity index (χ2n) is 9.78. The van der Waals surface area contributed by atoms with Crippen LogP contribution in [0.25, 0.3) is 16.7 Å². The lowest BCUT2D eigenvalue weighted by molar-refractivity contribution is 0.0539. The molecular formula is C30H28ClNO2. The summed E-state index contributed by atoms with van der Waals surface area (Å²) in [6, 6.07) is 23.4. The number of aryl methyl sites for hydroxylation is 1. The molecule has 2 heterocycles. The zero-order valence-corrected chi connectivity index (χ0v) is 20.1. The Labute approximate surface area is 206 Å². The minimum atomic E-state index is -0.186. The van der Waals surface area contributed by atoms with Crippen LogP contribution >= 0.6 is 11.6 Å². The van der Waals surface area contributed by atoms with Gasteiger partial charge in [-0.05, 0) is 83.7 Å². The monoisotopic (exact) mass is 469 g/mol. The highest BCUT2D eigenvalue weighted by Gasteiger charge is 2.39. The highest BCUT2D eigenvalue weighted by Crippen LogP contribution is 2.45. The van der Waals surface area contributed by atoms with Gasteiger partial charge in [-0.15, -0.1) is 0 Å². The minimum Gasteiger partial charge on any atom is -0.448 e. The first-order valence-corrected chi connectivity index (χ1v) is 12.6. The third-order valence-electron chi connectivity index (χ3n) is 7.60. The predicted molar refractivity (Wildman–Crippen MR) is 137 cm³/mol. The summed E-state index contributed by atoms with van der Waals surface area (Å²) in [6.07, 6.45) is 6.05. The van der Waals surface area contributed by atoms with Gasteiger partial charge in [0.25, 0.3) is 0 Å². The van der Waals surface area contributed by atoms with Crippen LogP contribution in [-0.2, 0) is 4.74 Å². The molecule has 0 saturated carbocycles. The molecule has 0 radical (unpaired) electrons. The maximum atomic E-state index is 13.4. The van der Waals surface area contributed by atoms with Crippen molar-refractivity contribution in [1.29, 1.82) is 0 Å². The number of halogens is 1. The van der Waals surface area contributed by atoms with Gasteiger partial charge >= 0.3 is 6.09 Å². The summed E-state index contributed by atoms with van der Waals surface area (Å²) in [7, 11) is 0. The van der Waals surface area contributed by atoms with E-state index in [0.717, 1.165) is 36.3 Å². The number of piperidine rings is 1. The van der Waals surface area contributed by atoms with Gasteiger partial charge in [0.2, 0.25) is 0 Å². The van der Waals surface area contributed by atoms with Crippen LogP contribution in [0.4, 0.5) is 4.79 Å². The molecule has 172 valence electrons. The third-order valence-corrected chi connectivity index (χ3v) is 7.82. The number of benzene rings is 3. The Hall–Kier alpha value is -3.04. The predicted octanol–water partition coefficient (Wildman–Crippen LogP) is 7.61. The van der Waals surface area contributed by atoms with Gasteiger partial charge in [-0.3, -0.25) is 4.90 Å². The number of hydrogen-bond donors (Lipinski definition) is 0. The van der Waals surface area contributed by atoms with Gasteiger partial charge in [0.1, 0.15) is 6.61 Å². The fourth-order valence-electron chi connectivity index (χ4n) is 6.12. The van der Waals surface area contributed by atoms with Crippen molar-refractivity contribution in [3.05, 3.63) is 100 Å². The zero-order valence-electron chi connectivity index (χ0n) is 19.3. The molecule has 3 aromatic carbocycles. The van der Waals surface area contributed by atoms with E-state index in [4.69, 9.17) is 16.3 Å². The molecule has 1 saturated heterocycles. The Morgan fingerprint density at radius 3 is 2.38 bits per heavy atom. The quantitative estimate of drug-likeness (QED) is 0.395. The summed E-state index contributed by atoms with van der Waals surface area (Å²) in [5.41, 5.74) is 8.61. The zero-order chi connectivity index (χ0) is 23.2. The molecule has 3 aliphatic rings. The summed E-state index contributed by atoms with van der Waals surface area (Å²) in [5.74, 6) is 0.0847. The van der Waals surface area contributed by atoms with Gasteiger partial charge in [0.05, 0.1) is 6.04 Å². The largest absolute Gasteiger partial charge is 0.448 e. The molecule has 3 nitrogen and oxygen atoms in total. The number of fused-ring (bicyclic) bond motifs is 5. The van der Waals surface area contributed by atoms with E-state index >= 15 is 0 Å². The van der Waals surface area contributed by atoms with E-state index in [1.807, 2.05) is 17.0 Å². The number of carbonyl (C=O) groups is 1. The van der Waals surface area contributed by atoms with Crippen molar-refractivity contribution >= 4 is 23.3 Å². The normalized spacial score (nSPS) is 21.0. The van der Waals surface area contributed by atoms with Gasteiger partial charge < -0.3 is 4.74 Å². The molecule has 4 heteroatoms. The lowest BCUT2D eigenvalue weighted by Gasteiger charge is -2.44. The number of rotatable bonds is 3. The number of hydrogen-bond acceptors (Lipinski definition) is 2. The number of carbonyl (C=O) groups excluding carboxylic acids is 1. The molecule has 0 aromatic heterocycles. The molecule has 3 aromatic rings. The van der Waals surface area contributed by atoms with Gasteiger partial charge in [-0.1, -0.05) is 72.3 Å². The van der Waals surface area contributed by atoms with Crippen LogP contribution in [0.1, 0.15) is 53.9 Å². The molecule has 34 heavy (non-hydrogen) atoms. The Kier molecular flexibility index (Phi) is 5.45. The van der Waals surface area contributed by atoms with Crippen molar-refractivity contribution in [3.8, 4) is 11.1 Å². The number of ether oxygens (including phenoxy) is 1. The Balaban J connectivity index is 1.22. The second-order valence-corrected chi connectivity index (χ2v) is 10.2. The van der Waals surface area contributed by atoms with Crippen LogP contribution < -0.4 is 0 Å². The average molecular weight is 470 g/mol. The van der Waals surface area contributed by atoms with E-state index in [1.54, 1.807) is 0 Å². The molecule has 1 aliphatic carbocycles. The third kappa shape index (κ3) is 3.73. The van der Waals surface area contributed by atoms with Crippen molar-refractivity contribution in [3.63, 3.8) is 0 Å².